The number of aliphatic hydroxyl groups is 4. The summed E-state index contributed by atoms with van der Waals surface area (Å²) in [5.41, 5.74) is 6.43. The molecule has 11 heteroatoms. The molecule has 2 rings (SSSR count). The molecule has 1 heterocycles. The molecule has 1 aromatic rings. The Kier molecular flexibility index (Phi) is 7.29. The Morgan fingerprint density at radius 1 is 1.11 bits per heavy atom. The van der Waals surface area contributed by atoms with Gasteiger partial charge >= 0.3 is 5.97 Å². The van der Waals surface area contributed by atoms with Crippen LogP contribution in [-0.2, 0) is 20.7 Å². The number of carboxylic acids is 1. The zero-order valence-electron chi connectivity index (χ0n) is 14.8. The second kappa shape index (κ2) is 9.28. The second-order valence-corrected chi connectivity index (χ2v) is 6.60. The number of aliphatic carboxylic acids is 1. The summed E-state index contributed by atoms with van der Waals surface area (Å²) in [6.07, 6.45) is -8.15. The van der Waals surface area contributed by atoms with Gasteiger partial charge in [-0.25, -0.2) is 4.79 Å². The van der Waals surface area contributed by atoms with E-state index in [2.05, 4.69) is 5.32 Å². The number of nitrogens with two attached hydrogens (primary N) is 1. The summed E-state index contributed by atoms with van der Waals surface area (Å²) in [6, 6.07) is 2.99. The first-order chi connectivity index (χ1) is 13.1. The van der Waals surface area contributed by atoms with Crippen LogP contribution in [0.5, 0.6) is 5.75 Å². The van der Waals surface area contributed by atoms with E-state index in [9.17, 15) is 40.2 Å². The predicted molar refractivity (Wildman–Crippen MR) is 93.1 cm³/mol. The molecule has 156 valence electrons. The number of aromatic hydroxyl groups is 1. The van der Waals surface area contributed by atoms with E-state index in [4.69, 9.17) is 10.5 Å². The van der Waals surface area contributed by atoms with E-state index >= 15 is 0 Å². The van der Waals surface area contributed by atoms with Gasteiger partial charge < -0.3 is 46.4 Å². The Morgan fingerprint density at radius 2 is 1.71 bits per heavy atom. The quantitative estimate of drug-likeness (QED) is 0.229. The topological polar surface area (TPSA) is 203 Å². The van der Waals surface area contributed by atoms with Crippen LogP contribution < -0.4 is 11.1 Å². The zero-order valence-corrected chi connectivity index (χ0v) is 14.8. The van der Waals surface area contributed by atoms with Crippen LogP contribution in [0.4, 0.5) is 0 Å². The zero-order chi connectivity index (χ0) is 21.0. The Bertz CT molecular complexity index is 682. The monoisotopic (exact) mass is 400 g/mol. The number of phenols is 1. The molecule has 28 heavy (non-hydrogen) atoms. The molecule has 0 radical (unpaired) electrons. The highest BCUT2D eigenvalue weighted by atomic mass is 16.5. The lowest BCUT2D eigenvalue weighted by Crippen LogP contribution is -2.66. The second-order valence-electron chi connectivity index (χ2n) is 6.60. The molecule has 0 aromatic heterocycles. The largest absolute Gasteiger partial charge is 0.508 e. The Hall–Kier alpha value is -2.28. The van der Waals surface area contributed by atoms with Crippen molar-refractivity contribution in [1.29, 1.82) is 0 Å². The number of rotatable bonds is 7. The van der Waals surface area contributed by atoms with Gasteiger partial charge in [-0.3, -0.25) is 4.79 Å². The van der Waals surface area contributed by atoms with E-state index in [1.165, 1.54) is 12.1 Å². The highest BCUT2D eigenvalue weighted by molar-refractivity contribution is 5.87. The first-order valence-corrected chi connectivity index (χ1v) is 8.53. The molecule has 1 amide bonds. The van der Waals surface area contributed by atoms with Crippen LogP contribution in [0, 0.1) is 0 Å². The van der Waals surface area contributed by atoms with Gasteiger partial charge in [0.2, 0.25) is 5.91 Å². The van der Waals surface area contributed by atoms with Gasteiger partial charge in [0, 0.05) is 0 Å². The summed E-state index contributed by atoms with van der Waals surface area (Å²) in [5, 5.41) is 59.7. The first-order valence-electron chi connectivity index (χ1n) is 8.53. The maximum atomic E-state index is 12.3. The van der Waals surface area contributed by atoms with Crippen molar-refractivity contribution in [2.24, 2.45) is 5.73 Å². The molecule has 0 aliphatic carbocycles. The molecule has 0 spiro atoms. The van der Waals surface area contributed by atoms with E-state index in [0.717, 1.165) is 0 Å². The molecule has 11 nitrogen and oxygen atoms in total. The van der Waals surface area contributed by atoms with E-state index in [1.807, 2.05) is 0 Å². The maximum Gasteiger partial charge on any atom is 0.329 e. The molecule has 1 aromatic carbocycles. The lowest BCUT2D eigenvalue weighted by molar-refractivity contribution is -0.236. The fourth-order valence-electron chi connectivity index (χ4n) is 2.93. The van der Waals surface area contributed by atoms with E-state index < -0.39 is 61.1 Å². The van der Waals surface area contributed by atoms with E-state index in [-0.39, 0.29) is 12.2 Å². The van der Waals surface area contributed by atoms with Crippen LogP contribution in [0.1, 0.15) is 5.56 Å². The van der Waals surface area contributed by atoms with E-state index in [0.29, 0.717) is 5.56 Å². The lowest BCUT2D eigenvalue weighted by Gasteiger charge is -2.42. The lowest BCUT2D eigenvalue weighted by atomic mass is 9.91. The summed E-state index contributed by atoms with van der Waals surface area (Å²) in [4.78, 5) is 23.9. The fraction of sp³-hybridized carbons (Fsp3) is 0.529. The highest BCUT2D eigenvalue weighted by Gasteiger charge is 2.49. The molecule has 1 fully saturated rings. The van der Waals surface area contributed by atoms with Crippen molar-refractivity contribution in [3.63, 3.8) is 0 Å². The maximum absolute atomic E-state index is 12.3. The van der Waals surface area contributed by atoms with Gasteiger partial charge in [-0.15, -0.1) is 0 Å². The number of hydrogen-bond donors (Lipinski definition) is 8. The standard InChI is InChI=1S/C17H24N2O9/c18-9(5-7-1-3-8(21)4-2-7)16(25)19-11(17(26)27)15-14(24)13(23)12(22)10(6-20)28-15/h1-4,9-15,20-24H,5-6,18H2,(H,19,25)(H,26,27)/t9-,10+,11?,12+,13-,14+,15-/m0/s1. The molecule has 0 bridgehead atoms. The van der Waals surface area contributed by atoms with Gasteiger partial charge in [0.05, 0.1) is 12.6 Å². The minimum absolute atomic E-state index is 0.0373. The molecule has 9 N–H and O–H groups in total. The van der Waals surface area contributed by atoms with Crippen LogP contribution in [0.2, 0.25) is 0 Å². The van der Waals surface area contributed by atoms with Crippen molar-refractivity contribution in [2.45, 2.75) is 49.0 Å². The third-order valence-electron chi connectivity index (χ3n) is 4.55. The summed E-state index contributed by atoms with van der Waals surface area (Å²) in [7, 11) is 0. The van der Waals surface area contributed by atoms with Crippen molar-refractivity contribution in [2.75, 3.05) is 6.61 Å². The van der Waals surface area contributed by atoms with Gasteiger partial charge in [-0.2, -0.15) is 0 Å². The number of phenolic OH excluding ortho intramolecular Hbond substituents is 1. The Morgan fingerprint density at radius 3 is 2.25 bits per heavy atom. The van der Waals surface area contributed by atoms with Gasteiger partial charge in [0.15, 0.2) is 6.04 Å². The number of ether oxygens (including phenoxy) is 1. The van der Waals surface area contributed by atoms with Crippen LogP contribution in [0.15, 0.2) is 24.3 Å². The normalized spacial score (nSPS) is 29.7. The number of amides is 1. The van der Waals surface area contributed by atoms with Crippen molar-refractivity contribution >= 4 is 11.9 Å². The Balaban J connectivity index is 2.09. The van der Waals surface area contributed by atoms with Crippen molar-refractivity contribution in [3.8, 4) is 5.75 Å². The van der Waals surface area contributed by atoms with Crippen LogP contribution >= 0.6 is 0 Å². The molecule has 1 aliphatic heterocycles. The third kappa shape index (κ3) is 4.95. The highest BCUT2D eigenvalue weighted by Crippen LogP contribution is 2.23. The smallest absolute Gasteiger partial charge is 0.329 e. The minimum atomic E-state index is -1.83. The van der Waals surface area contributed by atoms with Crippen molar-refractivity contribution in [3.05, 3.63) is 29.8 Å². The fourth-order valence-corrected chi connectivity index (χ4v) is 2.93. The number of carbonyl (C=O) groups excluding carboxylic acids is 1. The van der Waals surface area contributed by atoms with Gasteiger partial charge in [0.25, 0.3) is 0 Å². The van der Waals surface area contributed by atoms with Gasteiger partial charge in [-0.05, 0) is 24.1 Å². The van der Waals surface area contributed by atoms with Crippen molar-refractivity contribution < 1.29 is 45.0 Å². The molecular formula is C17H24N2O9. The number of aliphatic hydroxyl groups excluding tert-OH is 4. The van der Waals surface area contributed by atoms with E-state index in [1.54, 1.807) is 12.1 Å². The number of nitrogens with one attached hydrogen (secondary N) is 1. The molecule has 7 atom stereocenters. The SMILES string of the molecule is N[C@@H](Cc1ccc(O)cc1)C(=O)NC(C(=O)O)[C@@H]1O[C@H](CO)[C@@H](O)[C@H](O)[C@H]1O. The summed E-state index contributed by atoms with van der Waals surface area (Å²) < 4.78 is 5.19. The molecule has 0 saturated carbocycles. The van der Waals surface area contributed by atoms with Crippen molar-refractivity contribution in [1.82, 2.24) is 5.32 Å². The predicted octanol–water partition coefficient (Wildman–Crippen LogP) is -3.33. The Labute approximate surface area is 160 Å². The molecule has 1 aliphatic rings. The number of carbonyl (C=O) groups is 2. The third-order valence-corrected chi connectivity index (χ3v) is 4.55. The van der Waals surface area contributed by atoms with Crippen LogP contribution in [0.3, 0.4) is 0 Å². The summed E-state index contributed by atoms with van der Waals surface area (Å²) in [5.74, 6) is -2.37. The number of benzene rings is 1. The first kappa shape index (κ1) is 22.0. The average molecular weight is 400 g/mol. The average Bonchev–Trinajstić information content (AvgIpc) is 2.66. The molecule has 1 saturated heterocycles. The molecular weight excluding hydrogens is 376 g/mol. The summed E-state index contributed by atoms with van der Waals surface area (Å²) in [6.45, 7) is -0.734. The van der Waals surface area contributed by atoms with Crippen LogP contribution in [0.25, 0.3) is 0 Å². The minimum Gasteiger partial charge on any atom is -0.508 e. The number of hydrogen-bond acceptors (Lipinski definition) is 9. The summed E-state index contributed by atoms with van der Waals surface area (Å²) >= 11 is 0. The number of carboxylic acid groups (broad SMARTS) is 1. The van der Waals surface area contributed by atoms with Gasteiger partial charge in [-0.1, -0.05) is 12.1 Å². The molecule has 1 unspecified atom stereocenters. The van der Waals surface area contributed by atoms with Crippen LogP contribution in [-0.4, -0.2) is 91.7 Å². The van der Waals surface area contributed by atoms with Gasteiger partial charge in [0.1, 0.15) is 36.3 Å².